The van der Waals surface area contributed by atoms with Crippen LogP contribution in [0.3, 0.4) is 0 Å². The zero-order chi connectivity index (χ0) is 15.9. The van der Waals surface area contributed by atoms with E-state index in [1.807, 2.05) is 26.0 Å². The van der Waals surface area contributed by atoms with Crippen LogP contribution in [0.1, 0.15) is 52.1 Å². The van der Waals surface area contributed by atoms with Crippen LogP contribution >= 0.6 is 0 Å². The van der Waals surface area contributed by atoms with E-state index in [9.17, 15) is 8.42 Å². The van der Waals surface area contributed by atoms with Gasteiger partial charge in [0.1, 0.15) is 0 Å². The van der Waals surface area contributed by atoms with E-state index in [-0.39, 0.29) is 6.04 Å². The van der Waals surface area contributed by atoms with E-state index in [2.05, 4.69) is 19.2 Å². The van der Waals surface area contributed by atoms with E-state index in [4.69, 9.17) is 0 Å². The van der Waals surface area contributed by atoms with Crippen molar-refractivity contribution >= 4 is 10.0 Å². The van der Waals surface area contributed by atoms with Crippen molar-refractivity contribution in [2.45, 2.75) is 51.5 Å². The third-order valence-corrected chi connectivity index (χ3v) is 5.53. The summed E-state index contributed by atoms with van der Waals surface area (Å²) >= 11 is 0. The lowest BCUT2D eigenvalue weighted by atomic mass is 10.1. The van der Waals surface area contributed by atoms with Crippen LogP contribution in [0.15, 0.2) is 29.2 Å². The van der Waals surface area contributed by atoms with Crippen molar-refractivity contribution in [2.75, 3.05) is 19.6 Å². The summed E-state index contributed by atoms with van der Waals surface area (Å²) in [5, 5.41) is 3.40. The molecule has 0 spiro atoms. The minimum absolute atomic E-state index is 0.236. The molecule has 1 N–H and O–H groups in total. The average molecular weight is 312 g/mol. The van der Waals surface area contributed by atoms with Crippen LogP contribution < -0.4 is 5.32 Å². The van der Waals surface area contributed by atoms with Gasteiger partial charge in [0.25, 0.3) is 0 Å². The van der Waals surface area contributed by atoms with Crippen LogP contribution in [0.25, 0.3) is 0 Å². The molecule has 21 heavy (non-hydrogen) atoms. The number of benzene rings is 1. The molecule has 120 valence electrons. The zero-order valence-corrected chi connectivity index (χ0v) is 14.4. The summed E-state index contributed by atoms with van der Waals surface area (Å²) in [4.78, 5) is 0.379. The molecular weight excluding hydrogens is 284 g/mol. The van der Waals surface area contributed by atoms with Gasteiger partial charge in [0.15, 0.2) is 0 Å². The van der Waals surface area contributed by atoms with Crippen LogP contribution in [0.2, 0.25) is 0 Å². The second kappa shape index (κ2) is 8.51. The number of hydrogen-bond donors (Lipinski definition) is 1. The minimum Gasteiger partial charge on any atom is -0.310 e. The third kappa shape index (κ3) is 4.80. The Labute approximate surface area is 129 Å². The Kier molecular flexibility index (Phi) is 7.35. The summed E-state index contributed by atoms with van der Waals surface area (Å²) in [5.41, 5.74) is 1.11. The Morgan fingerprint density at radius 1 is 1.10 bits per heavy atom. The Bertz CT molecular complexity index is 512. The highest BCUT2D eigenvalue weighted by molar-refractivity contribution is 7.89. The molecule has 0 fully saturated rings. The molecule has 0 saturated carbocycles. The van der Waals surface area contributed by atoms with Crippen LogP contribution in [0, 0.1) is 0 Å². The van der Waals surface area contributed by atoms with Gasteiger partial charge in [-0.25, -0.2) is 8.42 Å². The fourth-order valence-electron chi connectivity index (χ4n) is 2.25. The van der Waals surface area contributed by atoms with Gasteiger partial charge in [-0.2, -0.15) is 4.31 Å². The molecule has 1 unspecified atom stereocenters. The normalized spacial score (nSPS) is 13.6. The van der Waals surface area contributed by atoms with Gasteiger partial charge in [-0.15, -0.1) is 0 Å². The first-order valence-electron chi connectivity index (χ1n) is 7.80. The van der Waals surface area contributed by atoms with E-state index in [0.29, 0.717) is 18.0 Å². The summed E-state index contributed by atoms with van der Waals surface area (Å²) in [6, 6.07) is 7.47. The summed E-state index contributed by atoms with van der Waals surface area (Å²) < 4.78 is 26.6. The lowest BCUT2D eigenvalue weighted by molar-refractivity contribution is 0.427. The smallest absolute Gasteiger partial charge is 0.243 e. The monoisotopic (exact) mass is 312 g/mol. The number of nitrogens with one attached hydrogen (secondary N) is 1. The van der Waals surface area contributed by atoms with Gasteiger partial charge in [-0.1, -0.05) is 32.9 Å². The highest BCUT2D eigenvalue weighted by Crippen LogP contribution is 2.19. The number of sulfonamides is 1. The van der Waals surface area contributed by atoms with Crippen molar-refractivity contribution in [3.8, 4) is 0 Å². The van der Waals surface area contributed by atoms with Gasteiger partial charge in [0.2, 0.25) is 10.0 Å². The third-order valence-electron chi connectivity index (χ3n) is 3.54. The first kappa shape index (κ1) is 18.1. The first-order chi connectivity index (χ1) is 9.97. The summed E-state index contributed by atoms with van der Waals surface area (Å²) in [5.74, 6) is 0. The second-order valence-electron chi connectivity index (χ2n) is 5.24. The minimum atomic E-state index is -3.36. The van der Waals surface area contributed by atoms with Crippen molar-refractivity contribution in [1.29, 1.82) is 0 Å². The Hall–Kier alpha value is -0.910. The maximum atomic E-state index is 12.5. The number of nitrogens with zero attached hydrogens (tertiary/aromatic N) is 1. The van der Waals surface area contributed by atoms with Gasteiger partial charge in [-0.05, 0) is 44.0 Å². The Morgan fingerprint density at radius 3 is 2.19 bits per heavy atom. The van der Waals surface area contributed by atoms with Crippen molar-refractivity contribution in [3.63, 3.8) is 0 Å². The van der Waals surface area contributed by atoms with E-state index in [1.54, 1.807) is 12.1 Å². The molecule has 0 heterocycles. The second-order valence-corrected chi connectivity index (χ2v) is 7.18. The van der Waals surface area contributed by atoms with Crippen LogP contribution in [-0.4, -0.2) is 32.4 Å². The van der Waals surface area contributed by atoms with E-state index in [1.165, 1.54) is 4.31 Å². The molecule has 5 heteroatoms. The molecule has 1 atom stereocenters. The maximum absolute atomic E-state index is 12.5. The van der Waals surface area contributed by atoms with Crippen LogP contribution in [-0.2, 0) is 10.0 Å². The molecule has 0 radical (unpaired) electrons. The largest absolute Gasteiger partial charge is 0.310 e. The van der Waals surface area contributed by atoms with Gasteiger partial charge in [-0.3, -0.25) is 0 Å². The van der Waals surface area contributed by atoms with Crippen molar-refractivity contribution in [2.24, 2.45) is 0 Å². The zero-order valence-electron chi connectivity index (χ0n) is 13.6. The topological polar surface area (TPSA) is 49.4 Å². The fraction of sp³-hybridized carbons (Fsp3) is 0.625. The van der Waals surface area contributed by atoms with Crippen LogP contribution in [0.4, 0.5) is 0 Å². The highest BCUT2D eigenvalue weighted by atomic mass is 32.2. The molecule has 1 aromatic carbocycles. The molecule has 0 aromatic heterocycles. The van der Waals surface area contributed by atoms with Gasteiger partial charge >= 0.3 is 0 Å². The molecule has 1 aromatic rings. The van der Waals surface area contributed by atoms with Crippen molar-refractivity contribution < 1.29 is 8.42 Å². The summed E-state index contributed by atoms with van der Waals surface area (Å²) in [7, 11) is -3.36. The van der Waals surface area contributed by atoms with E-state index in [0.717, 1.165) is 24.9 Å². The van der Waals surface area contributed by atoms with Crippen molar-refractivity contribution in [1.82, 2.24) is 9.62 Å². The highest BCUT2D eigenvalue weighted by Gasteiger charge is 2.22. The molecule has 0 aliphatic carbocycles. The van der Waals surface area contributed by atoms with E-state index < -0.39 is 10.0 Å². The predicted octanol–water partition coefficient (Wildman–Crippen LogP) is 3.17. The fourth-order valence-corrected chi connectivity index (χ4v) is 3.79. The molecule has 0 bridgehead atoms. The first-order valence-corrected chi connectivity index (χ1v) is 9.24. The Balaban J connectivity index is 2.90. The molecule has 1 rings (SSSR count). The maximum Gasteiger partial charge on any atom is 0.243 e. The average Bonchev–Trinajstić information content (AvgIpc) is 2.50. The lowest BCUT2D eigenvalue weighted by Crippen LogP contribution is -2.31. The standard InChI is InChI=1S/C16H28N2O2S/c1-5-12-17-14(4)15-8-10-16(11-9-15)21(19,20)18(7-3)13-6-2/h8-11,14,17H,5-7,12-13H2,1-4H3. The number of hydrogen-bond acceptors (Lipinski definition) is 3. The number of rotatable bonds is 9. The van der Waals surface area contributed by atoms with Gasteiger partial charge in [0, 0.05) is 19.1 Å². The summed E-state index contributed by atoms with van der Waals surface area (Å²) in [6.07, 6.45) is 1.91. The molecular formula is C16H28N2O2S. The Morgan fingerprint density at radius 2 is 1.71 bits per heavy atom. The van der Waals surface area contributed by atoms with Crippen molar-refractivity contribution in [3.05, 3.63) is 29.8 Å². The lowest BCUT2D eigenvalue weighted by Gasteiger charge is -2.20. The van der Waals surface area contributed by atoms with Crippen LogP contribution in [0.5, 0.6) is 0 Å². The molecule has 0 amide bonds. The SMILES string of the molecule is CCCNC(C)c1ccc(S(=O)(=O)N(CC)CCC)cc1. The predicted molar refractivity (Wildman–Crippen MR) is 87.9 cm³/mol. The quantitative estimate of drug-likeness (QED) is 0.762. The van der Waals surface area contributed by atoms with Gasteiger partial charge < -0.3 is 5.32 Å². The summed E-state index contributed by atoms with van der Waals surface area (Å²) in [6.45, 7) is 10.1. The molecule has 0 aliphatic heterocycles. The molecule has 0 saturated heterocycles. The molecule has 4 nitrogen and oxygen atoms in total. The van der Waals surface area contributed by atoms with Gasteiger partial charge in [0.05, 0.1) is 4.90 Å². The molecule has 0 aliphatic rings. The van der Waals surface area contributed by atoms with E-state index >= 15 is 0 Å².